The largest absolute Gasteiger partial charge is 0.380 e. The van der Waals surface area contributed by atoms with Crippen LogP contribution in [0.5, 0.6) is 0 Å². The summed E-state index contributed by atoms with van der Waals surface area (Å²) in [5, 5.41) is 4.33. The van der Waals surface area contributed by atoms with Gasteiger partial charge in [0.2, 0.25) is 0 Å². The molecule has 2 rings (SSSR count). The van der Waals surface area contributed by atoms with Gasteiger partial charge < -0.3 is 4.74 Å². The first-order chi connectivity index (χ1) is 8.45. The molecular weight excluding hydrogens is 212 g/mol. The molecule has 17 heavy (non-hydrogen) atoms. The highest BCUT2D eigenvalue weighted by atomic mass is 16.5. The van der Waals surface area contributed by atoms with E-state index in [-0.39, 0.29) is 0 Å². The molecule has 1 aromatic carbocycles. The Kier molecular flexibility index (Phi) is 5.49. The predicted octanol–water partition coefficient (Wildman–Crippen LogP) is 1.17. The van der Waals surface area contributed by atoms with Crippen molar-refractivity contribution in [2.24, 2.45) is 0 Å². The van der Waals surface area contributed by atoms with Gasteiger partial charge in [0.15, 0.2) is 0 Å². The highest BCUT2D eigenvalue weighted by Gasteiger charge is 2.08. The SMILES string of the molecule is c1ccc(CCOCCN2CC[N]CC2)cc1. The van der Waals surface area contributed by atoms with Crippen LogP contribution in [-0.4, -0.2) is 50.8 Å². The number of ether oxygens (including phenoxy) is 1. The molecule has 1 radical (unpaired) electrons. The van der Waals surface area contributed by atoms with Crippen molar-refractivity contribution in [1.82, 2.24) is 10.2 Å². The first kappa shape index (κ1) is 12.6. The van der Waals surface area contributed by atoms with Crippen molar-refractivity contribution in [3.8, 4) is 0 Å². The van der Waals surface area contributed by atoms with E-state index in [1.807, 2.05) is 6.07 Å². The highest BCUT2D eigenvalue weighted by Crippen LogP contribution is 1.99. The zero-order valence-electron chi connectivity index (χ0n) is 10.3. The molecule has 3 heteroatoms. The molecular formula is C14H21N2O. The van der Waals surface area contributed by atoms with Crippen LogP contribution in [0.2, 0.25) is 0 Å². The first-order valence-electron chi connectivity index (χ1n) is 6.42. The van der Waals surface area contributed by atoms with Crippen LogP contribution in [0.3, 0.4) is 0 Å². The fraction of sp³-hybridized carbons (Fsp3) is 0.571. The predicted molar refractivity (Wildman–Crippen MR) is 69.3 cm³/mol. The van der Waals surface area contributed by atoms with E-state index in [1.54, 1.807) is 0 Å². The van der Waals surface area contributed by atoms with Crippen molar-refractivity contribution >= 4 is 0 Å². The van der Waals surface area contributed by atoms with Gasteiger partial charge in [0, 0.05) is 32.7 Å². The molecule has 1 heterocycles. The zero-order chi connectivity index (χ0) is 11.8. The Balaban J connectivity index is 1.51. The van der Waals surface area contributed by atoms with Crippen LogP contribution < -0.4 is 5.32 Å². The van der Waals surface area contributed by atoms with E-state index in [2.05, 4.69) is 34.5 Å². The molecule has 1 aromatic rings. The van der Waals surface area contributed by atoms with Crippen LogP contribution in [-0.2, 0) is 11.2 Å². The summed E-state index contributed by atoms with van der Waals surface area (Å²) in [5.41, 5.74) is 1.35. The molecule has 0 unspecified atom stereocenters. The van der Waals surface area contributed by atoms with Gasteiger partial charge in [0.25, 0.3) is 0 Å². The van der Waals surface area contributed by atoms with Gasteiger partial charge in [0.05, 0.1) is 13.2 Å². The van der Waals surface area contributed by atoms with Crippen molar-refractivity contribution in [2.45, 2.75) is 6.42 Å². The summed E-state index contributed by atoms with van der Waals surface area (Å²) in [6, 6.07) is 10.5. The second-order valence-electron chi connectivity index (χ2n) is 4.36. The van der Waals surface area contributed by atoms with E-state index in [1.165, 1.54) is 5.56 Å². The fourth-order valence-electron chi connectivity index (χ4n) is 2.00. The average Bonchev–Trinajstić information content (AvgIpc) is 2.41. The number of hydrogen-bond acceptors (Lipinski definition) is 2. The number of piperazine rings is 1. The van der Waals surface area contributed by atoms with E-state index < -0.39 is 0 Å². The summed E-state index contributed by atoms with van der Waals surface area (Å²) in [7, 11) is 0. The number of rotatable bonds is 6. The molecule has 93 valence electrons. The minimum Gasteiger partial charge on any atom is -0.380 e. The molecule has 0 amide bonds. The lowest BCUT2D eigenvalue weighted by Crippen LogP contribution is -2.41. The second kappa shape index (κ2) is 7.43. The van der Waals surface area contributed by atoms with Crippen molar-refractivity contribution in [3.63, 3.8) is 0 Å². The molecule has 0 aliphatic carbocycles. The Morgan fingerprint density at radius 1 is 1.06 bits per heavy atom. The van der Waals surface area contributed by atoms with Gasteiger partial charge in [0.1, 0.15) is 0 Å². The lowest BCUT2D eigenvalue weighted by Gasteiger charge is -2.25. The molecule has 1 saturated heterocycles. The third-order valence-electron chi connectivity index (χ3n) is 3.08. The van der Waals surface area contributed by atoms with E-state index in [0.717, 1.165) is 52.4 Å². The third kappa shape index (κ3) is 4.86. The van der Waals surface area contributed by atoms with Gasteiger partial charge in [-0.2, -0.15) is 0 Å². The van der Waals surface area contributed by atoms with Crippen molar-refractivity contribution in [3.05, 3.63) is 35.9 Å². The lowest BCUT2D eigenvalue weighted by atomic mass is 10.2. The maximum absolute atomic E-state index is 5.67. The minimum absolute atomic E-state index is 0.822. The highest BCUT2D eigenvalue weighted by molar-refractivity contribution is 5.14. The van der Waals surface area contributed by atoms with Crippen LogP contribution >= 0.6 is 0 Å². The Morgan fingerprint density at radius 2 is 1.82 bits per heavy atom. The summed E-state index contributed by atoms with van der Waals surface area (Å²) >= 11 is 0. The Labute approximate surface area is 104 Å². The van der Waals surface area contributed by atoms with E-state index in [9.17, 15) is 0 Å². The number of hydrogen-bond donors (Lipinski definition) is 0. The Morgan fingerprint density at radius 3 is 2.59 bits per heavy atom. The maximum atomic E-state index is 5.67. The Bertz CT molecular complexity index is 296. The topological polar surface area (TPSA) is 26.6 Å². The molecule has 0 spiro atoms. The van der Waals surface area contributed by atoms with Gasteiger partial charge in [-0.05, 0) is 12.0 Å². The fourth-order valence-corrected chi connectivity index (χ4v) is 2.00. The standard InChI is InChI=1S/C14H21N2O/c1-2-4-14(5-3-1)6-12-17-13-11-16-9-7-15-8-10-16/h1-5H,6-13H2. The number of benzene rings is 1. The molecule has 0 N–H and O–H groups in total. The normalized spacial score (nSPS) is 17.2. The van der Waals surface area contributed by atoms with Crippen molar-refractivity contribution < 1.29 is 4.74 Å². The summed E-state index contributed by atoms with van der Waals surface area (Å²) < 4.78 is 5.67. The molecule has 3 nitrogen and oxygen atoms in total. The average molecular weight is 233 g/mol. The second-order valence-corrected chi connectivity index (χ2v) is 4.36. The third-order valence-corrected chi connectivity index (χ3v) is 3.08. The molecule has 1 aliphatic heterocycles. The zero-order valence-corrected chi connectivity index (χ0v) is 10.3. The molecule has 0 atom stereocenters. The molecule has 0 bridgehead atoms. The molecule has 0 aromatic heterocycles. The van der Waals surface area contributed by atoms with Gasteiger partial charge in [-0.1, -0.05) is 30.3 Å². The quantitative estimate of drug-likeness (QED) is 0.689. The van der Waals surface area contributed by atoms with Crippen molar-refractivity contribution in [2.75, 3.05) is 45.9 Å². The summed E-state index contributed by atoms with van der Waals surface area (Å²) in [5.74, 6) is 0. The van der Waals surface area contributed by atoms with E-state index >= 15 is 0 Å². The van der Waals surface area contributed by atoms with Crippen LogP contribution in [0.15, 0.2) is 30.3 Å². The molecule has 1 fully saturated rings. The monoisotopic (exact) mass is 233 g/mol. The van der Waals surface area contributed by atoms with Crippen LogP contribution in [0.25, 0.3) is 0 Å². The lowest BCUT2D eigenvalue weighted by molar-refractivity contribution is 0.101. The summed E-state index contributed by atoms with van der Waals surface area (Å²) in [4.78, 5) is 2.43. The smallest absolute Gasteiger partial charge is 0.0593 e. The van der Waals surface area contributed by atoms with E-state index in [4.69, 9.17) is 4.74 Å². The summed E-state index contributed by atoms with van der Waals surface area (Å²) in [6.45, 7) is 6.89. The number of nitrogens with zero attached hydrogens (tertiary/aromatic N) is 2. The molecule has 1 aliphatic rings. The maximum Gasteiger partial charge on any atom is 0.0593 e. The van der Waals surface area contributed by atoms with Gasteiger partial charge >= 0.3 is 0 Å². The summed E-state index contributed by atoms with van der Waals surface area (Å²) in [6.07, 6.45) is 1.01. The minimum atomic E-state index is 0.822. The van der Waals surface area contributed by atoms with Gasteiger partial charge in [-0.3, -0.25) is 4.90 Å². The van der Waals surface area contributed by atoms with E-state index in [0.29, 0.717) is 0 Å². The van der Waals surface area contributed by atoms with Gasteiger partial charge in [-0.25, -0.2) is 5.32 Å². The van der Waals surface area contributed by atoms with Crippen molar-refractivity contribution in [1.29, 1.82) is 0 Å². The molecule has 0 saturated carbocycles. The Hall–Kier alpha value is -0.900. The van der Waals surface area contributed by atoms with Crippen LogP contribution in [0.4, 0.5) is 0 Å². The van der Waals surface area contributed by atoms with Gasteiger partial charge in [-0.15, -0.1) is 0 Å². The first-order valence-corrected chi connectivity index (χ1v) is 6.42. The van der Waals surface area contributed by atoms with Crippen LogP contribution in [0, 0.1) is 0 Å². The van der Waals surface area contributed by atoms with Crippen LogP contribution in [0.1, 0.15) is 5.56 Å².